The van der Waals surface area contributed by atoms with Gasteiger partial charge in [0.2, 0.25) is 0 Å². The second-order valence-electron chi connectivity index (χ2n) is 11.9. The Hall–Kier alpha value is -0.620. The summed E-state index contributed by atoms with van der Waals surface area (Å²) in [6.07, 6.45) is 12.8. The van der Waals surface area contributed by atoms with E-state index in [1.54, 1.807) is 26.4 Å². The molecule has 4 rings (SSSR count). The van der Waals surface area contributed by atoms with E-state index in [9.17, 15) is 13.0 Å². The summed E-state index contributed by atoms with van der Waals surface area (Å²) < 4.78 is 49.0. The Morgan fingerprint density at radius 2 is 1.18 bits per heavy atom. The first-order chi connectivity index (χ1) is 18.6. The summed E-state index contributed by atoms with van der Waals surface area (Å²) in [7, 11) is -1.68. The summed E-state index contributed by atoms with van der Waals surface area (Å²) in [6, 6.07) is 7.29. The van der Waals surface area contributed by atoms with E-state index in [1.165, 1.54) is 69.5 Å². The predicted octanol–water partition coefficient (Wildman–Crippen LogP) is 5.30. The van der Waals surface area contributed by atoms with Crippen LogP contribution in [0.2, 0.25) is 0 Å². The molecule has 0 aromatic heterocycles. The summed E-state index contributed by atoms with van der Waals surface area (Å²) in [6.45, 7) is 8.28. The van der Waals surface area contributed by atoms with E-state index >= 15 is 0 Å². The minimum atomic E-state index is -4.60. The quantitative estimate of drug-likeness (QED) is 0.223. The van der Waals surface area contributed by atoms with Crippen LogP contribution >= 0.6 is 7.92 Å². The van der Waals surface area contributed by atoms with E-state index in [1.807, 2.05) is 6.07 Å². The van der Waals surface area contributed by atoms with Gasteiger partial charge in [-0.05, 0) is 89.8 Å². The van der Waals surface area contributed by atoms with Gasteiger partial charge in [-0.1, -0.05) is 74.1 Å². The summed E-state index contributed by atoms with van der Waals surface area (Å²) in [5.74, 6) is 1.74. The van der Waals surface area contributed by atoms with Crippen molar-refractivity contribution in [2.24, 2.45) is 0 Å². The standard InChI is InChI=1S/C32H47O5PS.Na/c1-21(2)26-19-25(39(33,34)35)20-27(22(3)4)30(26)31-28(36-5)17-18-29(37-6)32(31)38(23-13-9-7-10-14-23)24-15-11-8-12-16-24;/h17-24H,7-16H2,1-6H3,(H,33,34,35);/q;+1/p-1. The third-order valence-electron chi connectivity index (χ3n) is 8.69. The van der Waals surface area contributed by atoms with Crippen molar-refractivity contribution in [2.45, 2.75) is 120 Å². The van der Waals surface area contributed by atoms with Crippen LogP contribution in [0.1, 0.15) is 115 Å². The molecule has 0 radical (unpaired) electrons. The van der Waals surface area contributed by atoms with Crippen molar-refractivity contribution in [1.82, 2.24) is 0 Å². The van der Waals surface area contributed by atoms with Crippen molar-refractivity contribution < 1.29 is 52.0 Å². The van der Waals surface area contributed by atoms with Crippen LogP contribution in [0.15, 0.2) is 29.2 Å². The largest absolute Gasteiger partial charge is 1.00 e. The van der Waals surface area contributed by atoms with Gasteiger partial charge in [-0.15, -0.1) is 0 Å². The summed E-state index contributed by atoms with van der Waals surface area (Å²) in [5.41, 5.74) is 5.13. The number of methoxy groups -OCH3 is 2. The number of rotatable bonds is 9. The van der Waals surface area contributed by atoms with Gasteiger partial charge in [0, 0.05) is 10.9 Å². The minimum Gasteiger partial charge on any atom is -0.744 e. The third-order valence-corrected chi connectivity index (χ3v) is 13.1. The second kappa shape index (κ2) is 14.7. The van der Waals surface area contributed by atoms with Gasteiger partial charge < -0.3 is 14.0 Å². The first-order valence-electron chi connectivity index (χ1n) is 14.8. The van der Waals surface area contributed by atoms with Crippen LogP contribution in [0.25, 0.3) is 11.1 Å². The smallest absolute Gasteiger partial charge is 0.744 e. The van der Waals surface area contributed by atoms with Crippen LogP contribution in [-0.2, 0) is 10.1 Å². The molecule has 2 aromatic rings. The zero-order valence-corrected chi connectivity index (χ0v) is 29.3. The molecule has 40 heavy (non-hydrogen) atoms. The van der Waals surface area contributed by atoms with Crippen molar-refractivity contribution in [3.63, 3.8) is 0 Å². The topological polar surface area (TPSA) is 75.7 Å². The molecule has 0 saturated heterocycles. The molecule has 5 nitrogen and oxygen atoms in total. The molecule has 0 unspecified atom stereocenters. The zero-order chi connectivity index (χ0) is 28.3. The number of ether oxygens (including phenoxy) is 2. The first-order valence-corrected chi connectivity index (χ1v) is 17.6. The normalized spacial score (nSPS) is 17.4. The molecule has 0 N–H and O–H groups in total. The van der Waals surface area contributed by atoms with Crippen LogP contribution in [0.3, 0.4) is 0 Å². The summed E-state index contributed by atoms with van der Waals surface area (Å²) in [5, 5.41) is 1.28. The van der Waals surface area contributed by atoms with Crippen molar-refractivity contribution in [3.05, 3.63) is 35.4 Å². The second-order valence-corrected chi connectivity index (χ2v) is 16.0. The van der Waals surface area contributed by atoms with Crippen LogP contribution < -0.4 is 44.3 Å². The van der Waals surface area contributed by atoms with Gasteiger partial charge >= 0.3 is 29.6 Å². The summed E-state index contributed by atoms with van der Waals surface area (Å²) in [4.78, 5) is -0.149. The molecular weight excluding hydrogens is 550 g/mol. The molecular formula is C32H46NaO5PS. The van der Waals surface area contributed by atoms with Crippen LogP contribution in [0, 0.1) is 0 Å². The summed E-state index contributed by atoms with van der Waals surface area (Å²) >= 11 is 0. The molecule has 2 fully saturated rings. The molecule has 0 heterocycles. The van der Waals surface area contributed by atoms with Gasteiger partial charge in [-0.2, -0.15) is 0 Å². The van der Waals surface area contributed by atoms with E-state index in [-0.39, 0.29) is 46.3 Å². The van der Waals surface area contributed by atoms with Gasteiger partial charge in [0.05, 0.1) is 19.1 Å². The Balaban J connectivity index is 0.00000441. The fourth-order valence-corrected chi connectivity index (χ4v) is 11.4. The molecule has 0 bridgehead atoms. The van der Waals surface area contributed by atoms with Crippen molar-refractivity contribution in [3.8, 4) is 22.6 Å². The van der Waals surface area contributed by atoms with Crippen LogP contribution in [0.5, 0.6) is 11.5 Å². The molecule has 8 heteroatoms. The van der Waals surface area contributed by atoms with E-state index in [4.69, 9.17) is 9.47 Å². The Bertz CT molecular complexity index is 1200. The Morgan fingerprint density at radius 3 is 1.55 bits per heavy atom. The monoisotopic (exact) mass is 596 g/mol. The number of benzene rings is 2. The van der Waals surface area contributed by atoms with Gasteiger partial charge in [-0.25, -0.2) is 8.42 Å². The molecule has 216 valence electrons. The molecule has 0 atom stereocenters. The molecule has 0 spiro atoms. The van der Waals surface area contributed by atoms with E-state index < -0.39 is 18.0 Å². The predicted molar refractivity (Wildman–Crippen MR) is 161 cm³/mol. The molecule has 2 saturated carbocycles. The minimum absolute atomic E-state index is 0. The molecule has 2 aliphatic carbocycles. The fraction of sp³-hybridized carbons (Fsp3) is 0.625. The Labute approximate surface area is 266 Å². The van der Waals surface area contributed by atoms with E-state index in [0.29, 0.717) is 11.3 Å². The van der Waals surface area contributed by atoms with E-state index in [0.717, 1.165) is 33.8 Å². The van der Waals surface area contributed by atoms with Gasteiger partial charge in [0.1, 0.15) is 21.6 Å². The van der Waals surface area contributed by atoms with Gasteiger partial charge in [0.25, 0.3) is 0 Å². The molecule has 2 aromatic carbocycles. The van der Waals surface area contributed by atoms with Crippen molar-refractivity contribution in [1.29, 1.82) is 0 Å². The average molecular weight is 597 g/mol. The fourth-order valence-electron chi connectivity index (χ4n) is 6.77. The SMILES string of the molecule is COc1ccc(OC)c(P(C2CCCCC2)C2CCCCC2)c1-c1c(C(C)C)cc(S(=O)(=O)[O-])cc1C(C)C.[Na+]. The Kier molecular flexibility index (Phi) is 12.5. The van der Waals surface area contributed by atoms with Crippen LogP contribution in [0.4, 0.5) is 0 Å². The van der Waals surface area contributed by atoms with Crippen LogP contribution in [-0.4, -0.2) is 38.5 Å². The maximum absolute atomic E-state index is 12.2. The maximum atomic E-state index is 12.2. The molecule has 0 aliphatic heterocycles. The number of hydrogen-bond donors (Lipinski definition) is 0. The Morgan fingerprint density at radius 1 is 0.750 bits per heavy atom. The average Bonchev–Trinajstić information content (AvgIpc) is 2.92. The molecule has 2 aliphatic rings. The maximum Gasteiger partial charge on any atom is 1.00 e. The van der Waals surface area contributed by atoms with Crippen molar-refractivity contribution >= 4 is 23.3 Å². The van der Waals surface area contributed by atoms with E-state index in [2.05, 4.69) is 33.8 Å². The third kappa shape index (κ3) is 7.29. The number of hydrogen-bond acceptors (Lipinski definition) is 5. The first kappa shape index (κ1) is 33.9. The van der Waals surface area contributed by atoms with Crippen molar-refractivity contribution in [2.75, 3.05) is 14.2 Å². The zero-order valence-electron chi connectivity index (χ0n) is 25.6. The molecule has 0 amide bonds. The van der Waals surface area contributed by atoms with Gasteiger partial charge in [0.15, 0.2) is 0 Å². The van der Waals surface area contributed by atoms with Gasteiger partial charge in [-0.3, -0.25) is 0 Å².